The molecule has 1 aliphatic heterocycles. The maximum atomic E-state index is 5.17. The molecule has 0 bridgehead atoms. The van der Waals surface area contributed by atoms with Crippen molar-refractivity contribution in [1.82, 2.24) is 15.3 Å². The lowest BCUT2D eigenvalue weighted by Crippen LogP contribution is -2.25. The average Bonchev–Trinajstić information content (AvgIpc) is 2.47. The summed E-state index contributed by atoms with van der Waals surface area (Å²) in [7, 11) is 1.67. The van der Waals surface area contributed by atoms with Gasteiger partial charge in [-0.05, 0) is 24.3 Å². The monoisotopic (exact) mass is 241 g/mol. The fraction of sp³-hybridized carbons (Fsp3) is 0.286. The van der Waals surface area contributed by atoms with Crippen LogP contribution in [0.2, 0.25) is 0 Å². The van der Waals surface area contributed by atoms with Crippen LogP contribution < -0.4 is 10.1 Å². The third-order valence-corrected chi connectivity index (χ3v) is 3.24. The Hall–Kier alpha value is -1.94. The summed E-state index contributed by atoms with van der Waals surface area (Å²) in [6.45, 7) is 1.84. The molecule has 0 spiro atoms. The Morgan fingerprint density at radius 3 is 2.78 bits per heavy atom. The number of hydrogen-bond donors (Lipinski definition) is 1. The van der Waals surface area contributed by atoms with Gasteiger partial charge in [0.25, 0.3) is 0 Å². The van der Waals surface area contributed by atoms with Crippen LogP contribution in [0.3, 0.4) is 0 Å². The van der Waals surface area contributed by atoms with E-state index in [1.165, 1.54) is 5.56 Å². The number of aromatic nitrogens is 2. The van der Waals surface area contributed by atoms with Gasteiger partial charge in [0.05, 0.1) is 18.5 Å². The number of hydrogen-bond acceptors (Lipinski definition) is 4. The van der Waals surface area contributed by atoms with Crippen LogP contribution in [0.5, 0.6) is 5.75 Å². The van der Waals surface area contributed by atoms with Gasteiger partial charge in [-0.1, -0.05) is 0 Å². The molecule has 0 fully saturated rings. The van der Waals surface area contributed by atoms with E-state index in [1.54, 1.807) is 13.4 Å². The Bertz CT molecular complexity index is 551. The van der Waals surface area contributed by atoms with Crippen molar-refractivity contribution >= 4 is 0 Å². The second kappa shape index (κ2) is 4.74. The molecule has 1 aromatic heterocycles. The molecule has 0 saturated heterocycles. The third-order valence-electron chi connectivity index (χ3n) is 3.24. The smallest absolute Gasteiger partial charge is 0.118 e. The van der Waals surface area contributed by atoms with E-state index in [1.807, 2.05) is 24.3 Å². The van der Waals surface area contributed by atoms with Crippen LogP contribution in [0.1, 0.15) is 11.3 Å². The normalized spacial score (nSPS) is 14.1. The molecule has 0 aliphatic carbocycles. The van der Waals surface area contributed by atoms with Crippen molar-refractivity contribution in [1.29, 1.82) is 0 Å². The van der Waals surface area contributed by atoms with Crippen molar-refractivity contribution in [2.24, 2.45) is 0 Å². The predicted octanol–water partition coefficient (Wildman–Crippen LogP) is 1.80. The fourth-order valence-corrected chi connectivity index (χ4v) is 2.27. The maximum absolute atomic E-state index is 5.17. The average molecular weight is 241 g/mol. The molecule has 0 unspecified atom stereocenters. The van der Waals surface area contributed by atoms with Gasteiger partial charge in [-0.2, -0.15) is 0 Å². The molecule has 0 saturated carbocycles. The third kappa shape index (κ3) is 1.95. The predicted molar refractivity (Wildman–Crippen MR) is 69.4 cm³/mol. The Labute approximate surface area is 106 Å². The van der Waals surface area contributed by atoms with Crippen molar-refractivity contribution in [2.75, 3.05) is 13.7 Å². The highest BCUT2D eigenvalue weighted by Crippen LogP contribution is 2.26. The number of ether oxygens (including phenoxy) is 1. The minimum absolute atomic E-state index is 0.845. The summed E-state index contributed by atoms with van der Waals surface area (Å²) >= 11 is 0. The largest absolute Gasteiger partial charge is 0.497 e. The number of benzene rings is 1. The first-order chi connectivity index (χ1) is 8.88. The lowest BCUT2D eigenvalue weighted by molar-refractivity contribution is 0.415. The number of rotatable bonds is 2. The Morgan fingerprint density at radius 1 is 1.17 bits per heavy atom. The Morgan fingerprint density at radius 2 is 2.00 bits per heavy atom. The van der Waals surface area contributed by atoms with Crippen LogP contribution in [0.15, 0.2) is 30.6 Å². The summed E-state index contributed by atoms with van der Waals surface area (Å²) in [5, 5.41) is 3.37. The Balaban J connectivity index is 2.05. The highest BCUT2D eigenvalue weighted by atomic mass is 16.5. The van der Waals surface area contributed by atoms with Crippen LogP contribution in [0, 0.1) is 0 Å². The fourth-order valence-electron chi connectivity index (χ4n) is 2.27. The van der Waals surface area contributed by atoms with E-state index in [9.17, 15) is 0 Å². The zero-order valence-corrected chi connectivity index (χ0v) is 10.3. The number of nitrogens with one attached hydrogen (secondary N) is 1. The minimum atomic E-state index is 0.845. The van der Waals surface area contributed by atoms with Crippen molar-refractivity contribution in [3.05, 3.63) is 41.9 Å². The maximum Gasteiger partial charge on any atom is 0.118 e. The first kappa shape index (κ1) is 11.2. The molecular weight excluding hydrogens is 226 g/mol. The quantitative estimate of drug-likeness (QED) is 0.871. The molecule has 0 amide bonds. The molecule has 0 radical (unpaired) electrons. The summed E-state index contributed by atoms with van der Waals surface area (Å²) in [5.74, 6) is 0.861. The van der Waals surface area contributed by atoms with E-state index in [2.05, 4.69) is 15.3 Å². The highest BCUT2D eigenvalue weighted by molar-refractivity contribution is 5.64. The highest BCUT2D eigenvalue weighted by Gasteiger charge is 2.15. The van der Waals surface area contributed by atoms with Gasteiger partial charge in [-0.15, -0.1) is 0 Å². The van der Waals surface area contributed by atoms with Crippen molar-refractivity contribution < 1.29 is 4.74 Å². The van der Waals surface area contributed by atoms with E-state index >= 15 is 0 Å². The van der Waals surface area contributed by atoms with Crippen LogP contribution in [0.25, 0.3) is 11.3 Å². The zero-order valence-electron chi connectivity index (χ0n) is 10.3. The lowest BCUT2D eigenvalue weighted by atomic mass is 10.0. The second-order valence-corrected chi connectivity index (χ2v) is 4.30. The molecule has 2 heterocycles. The van der Waals surface area contributed by atoms with Gasteiger partial charge in [0, 0.05) is 30.6 Å². The molecule has 1 N–H and O–H groups in total. The summed E-state index contributed by atoms with van der Waals surface area (Å²) in [6.07, 6.45) is 2.63. The van der Waals surface area contributed by atoms with E-state index < -0.39 is 0 Å². The molecule has 0 atom stereocenters. The summed E-state index contributed by atoms with van der Waals surface area (Å²) in [6, 6.07) is 7.99. The second-order valence-electron chi connectivity index (χ2n) is 4.30. The van der Waals surface area contributed by atoms with Gasteiger partial charge in [0.15, 0.2) is 0 Å². The molecule has 18 heavy (non-hydrogen) atoms. The zero-order chi connectivity index (χ0) is 12.4. The van der Waals surface area contributed by atoms with E-state index in [4.69, 9.17) is 4.74 Å². The van der Waals surface area contributed by atoms with Gasteiger partial charge in [0.2, 0.25) is 0 Å². The van der Waals surface area contributed by atoms with Crippen molar-refractivity contribution in [3.63, 3.8) is 0 Å². The van der Waals surface area contributed by atoms with E-state index in [-0.39, 0.29) is 0 Å². The molecule has 4 nitrogen and oxygen atoms in total. The van der Waals surface area contributed by atoms with Crippen LogP contribution >= 0.6 is 0 Å². The van der Waals surface area contributed by atoms with Gasteiger partial charge < -0.3 is 10.1 Å². The topological polar surface area (TPSA) is 47.0 Å². The van der Waals surface area contributed by atoms with Crippen molar-refractivity contribution in [3.8, 4) is 17.0 Å². The number of methoxy groups -OCH3 is 1. The van der Waals surface area contributed by atoms with Gasteiger partial charge in [-0.3, -0.25) is 0 Å². The molecule has 2 aromatic rings. The molecule has 92 valence electrons. The van der Waals surface area contributed by atoms with Gasteiger partial charge in [0.1, 0.15) is 12.1 Å². The number of nitrogens with zero attached hydrogens (tertiary/aromatic N) is 2. The summed E-state index contributed by atoms with van der Waals surface area (Å²) in [4.78, 5) is 8.79. The van der Waals surface area contributed by atoms with Gasteiger partial charge in [-0.25, -0.2) is 9.97 Å². The Kier molecular flexibility index (Phi) is 2.94. The summed E-state index contributed by atoms with van der Waals surface area (Å²) in [5.41, 5.74) is 4.51. The lowest BCUT2D eigenvalue weighted by Gasteiger charge is -2.18. The SMILES string of the molecule is COc1ccc(-c2ncnc3c2CNCC3)cc1. The standard InChI is InChI=1S/C14H15N3O/c1-18-11-4-2-10(3-5-11)14-12-8-15-7-6-13(12)16-9-17-14/h2-5,9,15H,6-8H2,1H3. The minimum Gasteiger partial charge on any atom is -0.497 e. The van der Waals surface area contributed by atoms with E-state index in [0.717, 1.165) is 42.2 Å². The first-order valence-corrected chi connectivity index (χ1v) is 6.06. The molecule has 3 rings (SSSR count). The van der Waals surface area contributed by atoms with Crippen LogP contribution in [0.4, 0.5) is 0 Å². The van der Waals surface area contributed by atoms with Crippen molar-refractivity contribution in [2.45, 2.75) is 13.0 Å². The molecule has 4 heteroatoms. The van der Waals surface area contributed by atoms with Crippen LogP contribution in [-0.4, -0.2) is 23.6 Å². The van der Waals surface area contributed by atoms with Crippen LogP contribution in [-0.2, 0) is 13.0 Å². The molecule has 1 aliphatic rings. The first-order valence-electron chi connectivity index (χ1n) is 6.06. The van der Waals surface area contributed by atoms with E-state index in [0.29, 0.717) is 0 Å². The molecule has 1 aromatic carbocycles. The van der Waals surface area contributed by atoms with Gasteiger partial charge >= 0.3 is 0 Å². The molecular formula is C14H15N3O. The summed E-state index contributed by atoms with van der Waals surface area (Å²) < 4.78 is 5.17. The number of fused-ring (bicyclic) bond motifs is 1.